The average Bonchev–Trinajstić information content (AvgIpc) is 2.45. The Hall–Kier alpha value is -0.560. The quantitative estimate of drug-likeness (QED) is 0.588. The molecule has 6 heteroatoms. The molecule has 1 aliphatic rings. The Morgan fingerprint density at radius 2 is 1.81 bits per heavy atom. The topological polar surface area (TPSA) is 40.6 Å². The molecule has 1 saturated heterocycles. The lowest BCUT2D eigenvalue weighted by atomic mass is 10.3. The molecule has 1 fully saturated rings. The summed E-state index contributed by atoms with van der Waals surface area (Å²) >= 11 is 1.65. The lowest BCUT2D eigenvalue weighted by Gasteiger charge is -2.32. The highest BCUT2D eigenvalue weighted by atomic mass is 32.2. The van der Waals surface area contributed by atoms with Gasteiger partial charge in [0.05, 0.1) is 4.90 Å². The first-order valence-corrected chi connectivity index (χ1v) is 10.2. The summed E-state index contributed by atoms with van der Waals surface area (Å²) in [6.45, 7) is 5.66. The predicted octanol–water partition coefficient (Wildman–Crippen LogP) is 1.82. The van der Waals surface area contributed by atoms with Gasteiger partial charge < -0.3 is 9.80 Å². The van der Waals surface area contributed by atoms with Gasteiger partial charge in [-0.15, -0.1) is 11.8 Å². The summed E-state index contributed by atoms with van der Waals surface area (Å²) in [6.07, 6.45) is 2.36. The van der Waals surface area contributed by atoms with Crippen molar-refractivity contribution < 1.29 is 8.42 Å². The largest absolute Gasteiger partial charge is 0.304 e. The molecular weight excluding hydrogens is 304 g/mol. The van der Waals surface area contributed by atoms with Gasteiger partial charge in [0.15, 0.2) is 9.84 Å². The molecule has 0 spiro atoms. The van der Waals surface area contributed by atoms with E-state index in [4.69, 9.17) is 0 Å². The third-order valence-electron chi connectivity index (χ3n) is 3.72. The van der Waals surface area contributed by atoms with E-state index < -0.39 is 9.84 Å². The number of rotatable bonds is 6. The average molecular weight is 329 g/mol. The smallest absolute Gasteiger partial charge is 0.176 e. The second-order valence-electron chi connectivity index (χ2n) is 5.57. The maximum atomic E-state index is 11.7. The fourth-order valence-corrected chi connectivity index (χ4v) is 4.69. The Morgan fingerprint density at radius 3 is 2.48 bits per heavy atom. The Bertz CT molecular complexity index is 553. The zero-order valence-electron chi connectivity index (χ0n) is 12.8. The molecule has 1 aromatic rings. The summed E-state index contributed by atoms with van der Waals surface area (Å²) in [5, 5.41) is 0. The number of hydrogen-bond donors (Lipinski definition) is 0. The number of piperazine rings is 1. The molecule has 1 aliphatic heterocycles. The summed E-state index contributed by atoms with van der Waals surface area (Å²) in [4.78, 5) is 6.17. The Balaban J connectivity index is 1.79. The molecule has 0 atom stereocenters. The number of thioether (sulfide) groups is 1. The van der Waals surface area contributed by atoms with Crippen molar-refractivity contribution in [3.05, 3.63) is 24.3 Å². The van der Waals surface area contributed by atoms with Crippen LogP contribution in [0.2, 0.25) is 0 Å². The first kappa shape index (κ1) is 16.8. The molecular formula is C15H24N2O2S2. The Kier molecular flexibility index (Phi) is 6.10. The van der Waals surface area contributed by atoms with E-state index in [0.717, 1.165) is 49.8 Å². The minimum Gasteiger partial charge on any atom is -0.304 e. The molecule has 0 bridgehead atoms. The highest BCUT2D eigenvalue weighted by Crippen LogP contribution is 2.26. The summed E-state index contributed by atoms with van der Waals surface area (Å²) in [5.74, 6) is 0.957. The summed E-state index contributed by atoms with van der Waals surface area (Å²) in [5.41, 5.74) is 0. The van der Waals surface area contributed by atoms with Crippen molar-refractivity contribution in [3.63, 3.8) is 0 Å². The van der Waals surface area contributed by atoms with Crippen LogP contribution in [0.15, 0.2) is 34.1 Å². The number of hydrogen-bond acceptors (Lipinski definition) is 5. The van der Waals surface area contributed by atoms with E-state index in [1.807, 2.05) is 12.1 Å². The number of benzene rings is 1. The van der Waals surface area contributed by atoms with Crippen molar-refractivity contribution in [2.45, 2.75) is 16.2 Å². The van der Waals surface area contributed by atoms with Gasteiger partial charge >= 0.3 is 0 Å². The van der Waals surface area contributed by atoms with Gasteiger partial charge in [-0.2, -0.15) is 0 Å². The molecule has 0 amide bonds. The van der Waals surface area contributed by atoms with Crippen molar-refractivity contribution in [2.75, 3.05) is 51.8 Å². The number of sulfone groups is 1. The van der Waals surface area contributed by atoms with Gasteiger partial charge in [0, 0.05) is 37.3 Å². The maximum absolute atomic E-state index is 11.7. The summed E-state index contributed by atoms with van der Waals surface area (Å²) < 4.78 is 23.5. The third-order valence-corrected chi connectivity index (χ3v) is 6.16. The van der Waals surface area contributed by atoms with Crippen LogP contribution >= 0.6 is 11.8 Å². The number of likely N-dealkylation sites (N-methyl/N-ethyl adjacent to an activating group) is 1. The maximum Gasteiger partial charge on any atom is 0.176 e. The fourth-order valence-electron chi connectivity index (χ4n) is 2.42. The van der Waals surface area contributed by atoms with Gasteiger partial charge in [-0.05, 0) is 37.9 Å². The van der Waals surface area contributed by atoms with Crippen LogP contribution in [-0.4, -0.2) is 70.0 Å². The second-order valence-corrected chi connectivity index (χ2v) is 8.69. The molecule has 0 saturated carbocycles. The van der Waals surface area contributed by atoms with Crippen LogP contribution < -0.4 is 0 Å². The van der Waals surface area contributed by atoms with Crippen LogP contribution in [0.3, 0.4) is 0 Å². The van der Waals surface area contributed by atoms with Crippen LogP contribution in [0.5, 0.6) is 0 Å². The van der Waals surface area contributed by atoms with Gasteiger partial charge in [0.1, 0.15) is 0 Å². The highest BCUT2D eigenvalue weighted by molar-refractivity contribution is 8.00. The van der Waals surface area contributed by atoms with Crippen LogP contribution in [0, 0.1) is 0 Å². The minimum atomic E-state index is -3.13. The molecule has 0 aromatic heterocycles. The molecule has 4 nitrogen and oxygen atoms in total. The van der Waals surface area contributed by atoms with Gasteiger partial charge in [-0.25, -0.2) is 8.42 Å². The van der Waals surface area contributed by atoms with E-state index in [-0.39, 0.29) is 0 Å². The predicted molar refractivity (Wildman–Crippen MR) is 88.8 cm³/mol. The molecule has 2 rings (SSSR count). The van der Waals surface area contributed by atoms with E-state index >= 15 is 0 Å². The normalized spacial score (nSPS) is 18.0. The fraction of sp³-hybridized carbons (Fsp3) is 0.600. The van der Waals surface area contributed by atoms with Gasteiger partial charge in [-0.3, -0.25) is 0 Å². The molecule has 0 aliphatic carbocycles. The first-order chi connectivity index (χ1) is 9.97. The zero-order valence-corrected chi connectivity index (χ0v) is 14.4. The van der Waals surface area contributed by atoms with Crippen LogP contribution in [0.25, 0.3) is 0 Å². The molecule has 21 heavy (non-hydrogen) atoms. The zero-order chi connectivity index (χ0) is 15.3. The molecule has 0 radical (unpaired) electrons. The number of nitrogens with zero attached hydrogens (tertiary/aromatic N) is 2. The van der Waals surface area contributed by atoms with Gasteiger partial charge in [-0.1, -0.05) is 12.1 Å². The van der Waals surface area contributed by atoms with Crippen molar-refractivity contribution in [1.82, 2.24) is 9.80 Å². The lowest BCUT2D eigenvalue weighted by molar-refractivity contribution is 0.154. The third kappa shape index (κ3) is 5.29. The first-order valence-electron chi connectivity index (χ1n) is 7.29. The van der Waals surface area contributed by atoms with E-state index in [2.05, 4.69) is 16.8 Å². The van der Waals surface area contributed by atoms with Crippen LogP contribution in [0.4, 0.5) is 0 Å². The van der Waals surface area contributed by atoms with Crippen LogP contribution in [-0.2, 0) is 9.84 Å². The van der Waals surface area contributed by atoms with Gasteiger partial charge in [0.2, 0.25) is 0 Å². The van der Waals surface area contributed by atoms with Crippen LogP contribution in [0.1, 0.15) is 6.42 Å². The van der Waals surface area contributed by atoms with Crippen molar-refractivity contribution >= 4 is 21.6 Å². The summed E-state index contributed by atoms with van der Waals surface area (Å²) in [6, 6.07) is 7.27. The molecule has 1 aromatic carbocycles. The van der Waals surface area contributed by atoms with E-state index in [0.29, 0.717) is 4.90 Å². The highest BCUT2D eigenvalue weighted by Gasteiger charge is 2.14. The molecule has 1 heterocycles. The molecule has 0 unspecified atom stereocenters. The SMILES string of the molecule is CN1CCN(CCCSc2ccccc2S(C)(=O)=O)CC1. The monoisotopic (exact) mass is 328 g/mol. The van der Waals surface area contributed by atoms with Gasteiger partial charge in [0.25, 0.3) is 0 Å². The van der Waals surface area contributed by atoms with Crippen molar-refractivity contribution in [3.8, 4) is 0 Å². The van der Waals surface area contributed by atoms with E-state index in [1.54, 1.807) is 23.9 Å². The Labute approximate surface area is 132 Å². The second kappa shape index (κ2) is 7.63. The van der Waals surface area contributed by atoms with Crippen molar-refractivity contribution in [1.29, 1.82) is 0 Å². The summed E-state index contributed by atoms with van der Waals surface area (Å²) in [7, 11) is -0.972. The van der Waals surface area contributed by atoms with Crippen molar-refractivity contribution in [2.24, 2.45) is 0 Å². The minimum absolute atomic E-state index is 0.453. The van der Waals surface area contributed by atoms with E-state index in [9.17, 15) is 8.42 Å². The lowest BCUT2D eigenvalue weighted by Crippen LogP contribution is -2.44. The standard InChI is InChI=1S/C15H24N2O2S2/c1-16-9-11-17(12-10-16)8-5-13-20-14-6-3-4-7-15(14)21(2,18)19/h3-4,6-7H,5,8-13H2,1-2H3. The van der Waals surface area contributed by atoms with E-state index in [1.165, 1.54) is 6.26 Å². The molecule has 0 N–H and O–H groups in total. The molecule has 118 valence electrons. The Morgan fingerprint density at radius 1 is 1.14 bits per heavy atom.